The van der Waals surface area contributed by atoms with E-state index < -0.39 is 17.5 Å². The van der Waals surface area contributed by atoms with E-state index >= 15 is 0 Å². The molecule has 0 spiro atoms. The van der Waals surface area contributed by atoms with Crippen LogP contribution in [0.2, 0.25) is 0 Å². The second-order valence-electron chi connectivity index (χ2n) is 6.51. The number of imidazole rings is 1. The number of phenolic OH excluding ortho intramolecular Hbond substituents is 1. The Morgan fingerprint density at radius 2 is 1.91 bits per heavy atom. The summed E-state index contributed by atoms with van der Waals surface area (Å²) in [5, 5.41) is 9.87. The van der Waals surface area contributed by atoms with Crippen LogP contribution in [0.1, 0.15) is 24.8 Å². The second kappa shape index (κ2) is 3.84. The standard InChI is InChI=1S/C15H14F3N3O/c16-15(17,18)9-1-2-10(12(22)3-9)11-4-21(8-20-11)14-5-13(19,6-14)7-14/h1-4,8,22H,5-7,19H2. The zero-order valence-electron chi connectivity index (χ0n) is 11.6. The highest BCUT2D eigenvalue weighted by Crippen LogP contribution is 2.63. The summed E-state index contributed by atoms with van der Waals surface area (Å²) in [4.78, 5) is 4.22. The number of benzene rings is 1. The van der Waals surface area contributed by atoms with Crippen LogP contribution in [0.25, 0.3) is 11.3 Å². The fourth-order valence-corrected chi connectivity index (χ4v) is 3.73. The number of nitrogens with zero attached hydrogens (tertiary/aromatic N) is 2. The van der Waals surface area contributed by atoms with Crippen molar-refractivity contribution in [1.29, 1.82) is 0 Å². The van der Waals surface area contributed by atoms with Gasteiger partial charge in [0.1, 0.15) is 5.75 Å². The lowest BCUT2D eigenvalue weighted by Gasteiger charge is -2.69. The van der Waals surface area contributed by atoms with Gasteiger partial charge in [0.15, 0.2) is 0 Å². The molecule has 4 nitrogen and oxygen atoms in total. The normalized spacial score (nSPS) is 29.8. The van der Waals surface area contributed by atoms with Crippen molar-refractivity contribution in [3.8, 4) is 17.0 Å². The minimum absolute atomic E-state index is 0.0154. The molecule has 1 aromatic carbocycles. The highest BCUT2D eigenvalue weighted by molar-refractivity contribution is 5.67. The van der Waals surface area contributed by atoms with Crippen molar-refractivity contribution >= 4 is 0 Å². The van der Waals surface area contributed by atoms with Crippen LogP contribution in [0.5, 0.6) is 5.75 Å². The molecule has 0 amide bonds. The molecule has 0 unspecified atom stereocenters. The van der Waals surface area contributed by atoms with Gasteiger partial charge < -0.3 is 15.4 Å². The van der Waals surface area contributed by atoms with Crippen molar-refractivity contribution in [3.05, 3.63) is 36.3 Å². The highest BCUT2D eigenvalue weighted by atomic mass is 19.4. The smallest absolute Gasteiger partial charge is 0.416 e. The summed E-state index contributed by atoms with van der Waals surface area (Å²) < 4.78 is 39.8. The maximum Gasteiger partial charge on any atom is 0.416 e. The molecule has 2 bridgehead atoms. The molecule has 3 saturated carbocycles. The Morgan fingerprint density at radius 1 is 1.23 bits per heavy atom. The van der Waals surface area contributed by atoms with E-state index in [-0.39, 0.29) is 11.1 Å². The summed E-state index contributed by atoms with van der Waals surface area (Å²) >= 11 is 0. The molecule has 0 saturated heterocycles. The number of rotatable bonds is 2. The van der Waals surface area contributed by atoms with Crippen molar-refractivity contribution in [1.82, 2.24) is 9.55 Å². The lowest BCUT2D eigenvalue weighted by molar-refractivity contribution is -0.137. The van der Waals surface area contributed by atoms with E-state index in [1.807, 2.05) is 4.57 Å². The van der Waals surface area contributed by atoms with Crippen LogP contribution in [0, 0.1) is 0 Å². The zero-order chi connectivity index (χ0) is 15.8. The Labute approximate surface area is 124 Å². The highest BCUT2D eigenvalue weighted by Gasteiger charge is 2.67. The molecule has 22 heavy (non-hydrogen) atoms. The maximum absolute atomic E-state index is 12.6. The molecule has 3 aliphatic carbocycles. The number of hydrogen-bond donors (Lipinski definition) is 2. The summed E-state index contributed by atoms with van der Waals surface area (Å²) in [5.41, 5.74) is 5.88. The molecule has 3 aliphatic rings. The third-order valence-corrected chi connectivity index (χ3v) is 4.77. The van der Waals surface area contributed by atoms with Gasteiger partial charge >= 0.3 is 6.18 Å². The Kier molecular flexibility index (Phi) is 2.38. The van der Waals surface area contributed by atoms with Gasteiger partial charge in [-0.2, -0.15) is 13.2 Å². The Hall–Kier alpha value is -2.02. The van der Waals surface area contributed by atoms with Crippen LogP contribution in [-0.2, 0) is 11.7 Å². The summed E-state index contributed by atoms with van der Waals surface area (Å²) in [6.45, 7) is 0. The number of alkyl halides is 3. The van der Waals surface area contributed by atoms with E-state index in [4.69, 9.17) is 5.73 Å². The summed E-state index contributed by atoms with van der Waals surface area (Å²) in [6.07, 6.45) is 1.64. The number of hydrogen-bond acceptors (Lipinski definition) is 3. The van der Waals surface area contributed by atoms with Crippen LogP contribution < -0.4 is 5.73 Å². The number of aromatic hydroxyl groups is 1. The van der Waals surface area contributed by atoms with Gasteiger partial charge in [-0.15, -0.1) is 0 Å². The predicted octanol–water partition coefficient (Wildman–Crippen LogP) is 2.86. The van der Waals surface area contributed by atoms with Crippen LogP contribution in [0.4, 0.5) is 13.2 Å². The molecule has 5 rings (SSSR count). The van der Waals surface area contributed by atoms with Gasteiger partial charge in [0.25, 0.3) is 0 Å². The van der Waals surface area contributed by atoms with Gasteiger partial charge in [-0.1, -0.05) is 0 Å². The molecule has 2 aromatic rings. The van der Waals surface area contributed by atoms with Crippen molar-refractivity contribution in [3.63, 3.8) is 0 Å². The predicted molar refractivity (Wildman–Crippen MR) is 73.1 cm³/mol. The minimum atomic E-state index is -4.48. The van der Waals surface area contributed by atoms with E-state index in [1.165, 1.54) is 6.07 Å². The lowest BCUT2D eigenvalue weighted by Crippen LogP contribution is -2.76. The van der Waals surface area contributed by atoms with Gasteiger partial charge in [0, 0.05) is 17.3 Å². The van der Waals surface area contributed by atoms with Crippen molar-refractivity contribution in [2.24, 2.45) is 5.73 Å². The van der Waals surface area contributed by atoms with E-state index in [9.17, 15) is 18.3 Å². The SMILES string of the molecule is NC12CC(n3cnc(-c4ccc(C(F)(F)F)cc4O)c3)(C1)C2. The zero-order valence-corrected chi connectivity index (χ0v) is 11.6. The van der Waals surface area contributed by atoms with E-state index in [0.717, 1.165) is 31.4 Å². The van der Waals surface area contributed by atoms with Gasteiger partial charge in [-0.3, -0.25) is 0 Å². The first-order chi connectivity index (χ1) is 10.2. The van der Waals surface area contributed by atoms with Gasteiger partial charge in [0.05, 0.1) is 23.1 Å². The van der Waals surface area contributed by atoms with Crippen LogP contribution in [0.3, 0.4) is 0 Å². The topological polar surface area (TPSA) is 64.1 Å². The second-order valence-corrected chi connectivity index (χ2v) is 6.51. The molecule has 1 heterocycles. The maximum atomic E-state index is 12.6. The van der Waals surface area contributed by atoms with Crippen LogP contribution >= 0.6 is 0 Å². The quantitative estimate of drug-likeness (QED) is 0.896. The fraction of sp³-hybridized carbons (Fsp3) is 0.400. The van der Waals surface area contributed by atoms with Gasteiger partial charge in [-0.05, 0) is 37.5 Å². The van der Waals surface area contributed by atoms with Gasteiger partial charge in [0.2, 0.25) is 0 Å². The first kappa shape index (κ1) is 13.6. The third kappa shape index (κ3) is 1.78. The molecule has 3 fully saturated rings. The number of aromatic nitrogens is 2. The number of halogens is 3. The molecule has 0 aliphatic heterocycles. The molecule has 1 aromatic heterocycles. The summed E-state index contributed by atoms with van der Waals surface area (Å²) in [6, 6.07) is 2.92. The third-order valence-electron chi connectivity index (χ3n) is 4.77. The fourth-order valence-electron chi connectivity index (χ4n) is 3.73. The Balaban J connectivity index is 1.64. The summed E-state index contributed by atoms with van der Waals surface area (Å²) in [7, 11) is 0. The average molecular weight is 309 g/mol. The molecule has 7 heteroatoms. The largest absolute Gasteiger partial charge is 0.507 e. The molecule has 3 N–H and O–H groups in total. The first-order valence-corrected chi connectivity index (χ1v) is 6.95. The van der Waals surface area contributed by atoms with E-state index in [2.05, 4.69) is 4.98 Å². The van der Waals surface area contributed by atoms with E-state index in [1.54, 1.807) is 12.5 Å². The minimum Gasteiger partial charge on any atom is -0.507 e. The van der Waals surface area contributed by atoms with Crippen LogP contribution in [0.15, 0.2) is 30.7 Å². The molecule has 0 atom stereocenters. The number of nitrogens with two attached hydrogens (primary N) is 1. The molecule has 0 radical (unpaired) electrons. The Morgan fingerprint density at radius 3 is 2.45 bits per heavy atom. The van der Waals surface area contributed by atoms with Gasteiger partial charge in [-0.25, -0.2) is 4.98 Å². The average Bonchev–Trinajstić information content (AvgIpc) is 2.82. The Bertz CT molecular complexity index is 746. The van der Waals surface area contributed by atoms with E-state index in [0.29, 0.717) is 11.3 Å². The van der Waals surface area contributed by atoms with Crippen molar-refractivity contribution in [2.75, 3.05) is 0 Å². The van der Waals surface area contributed by atoms with Crippen LogP contribution in [-0.4, -0.2) is 20.2 Å². The number of phenols is 1. The lowest BCUT2D eigenvalue weighted by atomic mass is 9.44. The molecular weight excluding hydrogens is 295 g/mol. The molecule has 116 valence electrons. The first-order valence-electron chi connectivity index (χ1n) is 6.95. The van der Waals surface area contributed by atoms with Crippen molar-refractivity contribution < 1.29 is 18.3 Å². The summed E-state index contributed by atoms with van der Waals surface area (Å²) in [5.74, 6) is -0.423. The monoisotopic (exact) mass is 309 g/mol. The van der Waals surface area contributed by atoms with Crippen molar-refractivity contribution in [2.45, 2.75) is 36.5 Å². The molecular formula is C15H14F3N3O.